The van der Waals surface area contributed by atoms with Crippen LogP contribution in [0.3, 0.4) is 0 Å². The third kappa shape index (κ3) is 2.64. The van der Waals surface area contributed by atoms with E-state index in [2.05, 4.69) is 0 Å². The van der Waals surface area contributed by atoms with Crippen LogP contribution in [0.2, 0.25) is 0 Å². The number of nitrogens with two attached hydrogens (primary N) is 1. The lowest BCUT2D eigenvalue weighted by molar-refractivity contribution is 0.0712. The molecule has 2 heterocycles. The van der Waals surface area contributed by atoms with E-state index in [1.54, 1.807) is 35.2 Å². The Morgan fingerprint density at radius 3 is 2.82 bits per heavy atom. The Hall–Kier alpha value is -2.14. The average Bonchev–Trinajstić information content (AvgIpc) is 3.14. The van der Waals surface area contributed by atoms with E-state index in [1.165, 1.54) is 6.07 Å². The van der Waals surface area contributed by atoms with Crippen molar-refractivity contribution in [1.82, 2.24) is 4.90 Å². The third-order valence-corrected chi connectivity index (χ3v) is 4.21. The number of amides is 1. The molecule has 0 saturated carbocycles. The molecule has 2 aromatic rings. The predicted molar refractivity (Wildman–Crippen MR) is 81.8 cm³/mol. The maximum Gasteiger partial charge on any atom is 0.289 e. The van der Waals surface area contributed by atoms with E-state index < -0.39 is 0 Å². The summed E-state index contributed by atoms with van der Waals surface area (Å²) >= 11 is 0. The van der Waals surface area contributed by atoms with E-state index in [4.69, 9.17) is 10.2 Å². The Balaban J connectivity index is 1.82. The first kappa shape index (κ1) is 14.8. The minimum atomic E-state index is -0.367. The zero-order valence-electron chi connectivity index (χ0n) is 12.5. The molecule has 5 heteroatoms. The molecule has 1 amide bonds. The lowest BCUT2D eigenvalue weighted by Gasteiger charge is -2.20. The van der Waals surface area contributed by atoms with Gasteiger partial charge in [0, 0.05) is 12.6 Å². The first-order valence-electron chi connectivity index (χ1n) is 7.46. The topological polar surface area (TPSA) is 59.5 Å². The number of likely N-dealkylation sites (tertiary alicyclic amines) is 1. The van der Waals surface area contributed by atoms with Gasteiger partial charge >= 0.3 is 0 Å². The molecule has 0 bridgehead atoms. The van der Waals surface area contributed by atoms with Gasteiger partial charge in [0.2, 0.25) is 0 Å². The minimum absolute atomic E-state index is 0.142. The van der Waals surface area contributed by atoms with E-state index in [9.17, 15) is 9.18 Å². The first-order valence-corrected chi connectivity index (χ1v) is 7.46. The molecule has 116 valence electrons. The van der Waals surface area contributed by atoms with Crippen molar-refractivity contribution in [3.8, 4) is 11.3 Å². The van der Waals surface area contributed by atoms with Gasteiger partial charge in [0.15, 0.2) is 5.76 Å². The zero-order chi connectivity index (χ0) is 15.7. The molecule has 1 aliphatic rings. The highest BCUT2D eigenvalue weighted by Crippen LogP contribution is 2.28. The summed E-state index contributed by atoms with van der Waals surface area (Å²) in [6.07, 6.45) is 0.906. The molecule has 22 heavy (non-hydrogen) atoms. The number of carbonyl (C=O) groups is 1. The zero-order valence-corrected chi connectivity index (χ0v) is 12.5. The number of halogens is 1. The highest BCUT2D eigenvalue weighted by Gasteiger charge is 2.33. The summed E-state index contributed by atoms with van der Waals surface area (Å²) in [5.41, 5.74) is 6.05. The average molecular weight is 302 g/mol. The monoisotopic (exact) mass is 302 g/mol. The van der Waals surface area contributed by atoms with Crippen LogP contribution in [0.15, 0.2) is 40.8 Å². The first-order chi connectivity index (χ1) is 10.6. The third-order valence-electron chi connectivity index (χ3n) is 4.21. The van der Waals surface area contributed by atoms with Crippen LogP contribution in [0.1, 0.15) is 23.9 Å². The van der Waals surface area contributed by atoms with Crippen LogP contribution in [0.5, 0.6) is 0 Å². The largest absolute Gasteiger partial charge is 0.451 e. The lowest BCUT2D eigenvalue weighted by atomic mass is 10.1. The molecule has 3 rings (SSSR count). The van der Waals surface area contributed by atoms with E-state index in [-0.39, 0.29) is 23.5 Å². The van der Waals surface area contributed by atoms with Crippen LogP contribution in [-0.4, -0.2) is 29.9 Å². The van der Waals surface area contributed by atoms with E-state index in [0.717, 1.165) is 6.42 Å². The Kier molecular flexibility index (Phi) is 3.98. The Bertz CT molecular complexity index is 683. The number of hydrogen-bond donors (Lipinski definition) is 1. The molecule has 0 aliphatic carbocycles. The van der Waals surface area contributed by atoms with Crippen molar-refractivity contribution in [2.45, 2.75) is 19.4 Å². The lowest BCUT2D eigenvalue weighted by Crippen LogP contribution is -2.34. The maximum absolute atomic E-state index is 13.8. The van der Waals surface area contributed by atoms with Crippen molar-refractivity contribution in [3.05, 3.63) is 48.0 Å². The second-order valence-corrected chi connectivity index (χ2v) is 5.79. The van der Waals surface area contributed by atoms with Crippen LogP contribution in [-0.2, 0) is 0 Å². The Morgan fingerprint density at radius 1 is 1.36 bits per heavy atom. The van der Waals surface area contributed by atoms with Crippen LogP contribution in [0.25, 0.3) is 11.3 Å². The highest BCUT2D eigenvalue weighted by atomic mass is 19.1. The predicted octanol–water partition coefficient (Wildman–Crippen LogP) is 2.90. The van der Waals surface area contributed by atoms with Gasteiger partial charge in [-0.1, -0.05) is 12.1 Å². The van der Waals surface area contributed by atoms with Crippen molar-refractivity contribution >= 4 is 5.91 Å². The van der Waals surface area contributed by atoms with Crippen LogP contribution < -0.4 is 5.73 Å². The van der Waals surface area contributed by atoms with Gasteiger partial charge in [-0.25, -0.2) is 4.39 Å². The van der Waals surface area contributed by atoms with Gasteiger partial charge in [0.25, 0.3) is 5.91 Å². The molecule has 2 atom stereocenters. The van der Waals surface area contributed by atoms with E-state index in [0.29, 0.717) is 30.3 Å². The standard InChI is InChI=1S/C17H19FN2O2/c1-11-8-12(9-19)10-20(11)17(21)16-7-6-15(22-16)13-4-2-3-5-14(13)18/h2-7,11-12H,8-10,19H2,1H3. The smallest absolute Gasteiger partial charge is 0.289 e. The van der Waals surface area contributed by atoms with Crippen molar-refractivity contribution in [2.75, 3.05) is 13.1 Å². The molecule has 4 nitrogen and oxygen atoms in total. The summed E-state index contributed by atoms with van der Waals surface area (Å²) in [6.45, 7) is 3.23. The number of carbonyl (C=O) groups excluding carboxylic acids is 1. The van der Waals surface area contributed by atoms with Crippen molar-refractivity contribution < 1.29 is 13.6 Å². The van der Waals surface area contributed by atoms with Gasteiger partial charge in [-0.15, -0.1) is 0 Å². The van der Waals surface area contributed by atoms with Crippen molar-refractivity contribution in [1.29, 1.82) is 0 Å². The molecule has 1 fully saturated rings. The molecular formula is C17H19FN2O2. The summed E-state index contributed by atoms with van der Waals surface area (Å²) in [4.78, 5) is 14.3. The SMILES string of the molecule is CC1CC(CN)CN1C(=O)c1ccc(-c2ccccc2F)o1. The molecule has 2 N–H and O–H groups in total. The number of nitrogens with zero attached hydrogens (tertiary/aromatic N) is 1. The molecule has 2 unspecified atom stereocenters. The van der Waals surface area contributed by atoms with Gasteiger partial charge in [-0.3, -0.25) is 4.79 Å². The van der Waals surface area contributed by atoms with Gasteiger partial charge < -0.3 is 15.1 Å². The normalized spacial score (nSPS) is 21.3. The fraction of sp³-hybridized carbons (Fsp3) is 0.353. The van der Waals surface area contributed by atoms with Crippen LogP contribution >= 0.6 is 0 Å². The summed E-state index contributed by atoms with van der Waals surface area (Å²) in [5.74, 6) is 0.408. The second-order valence-electron chi connectivity index (χ2n) is 5.79. The van der Waals surface area contributed by atoms with Gasteiger partial charge in [-0.05, 0) is 50.1 Å². The van der Waals surface area contributed by atoms with Crippen LogP contribution in [0.4, 0.5) is 4.39 Å². The molecule has 0 radical (unpaired) electrons. The van der Waals surface area contributed by atoms with Gasteiger partial charge in [-0.2, -0.15) is 0 Å². The Morgan fingerprint density at radius 2 is 2.14 bits per heavy atom. The van der Waals surface area contributed by atoms with Crippen molar-refractivity contribution in [3.63, 3.8) is 0 Å². The van der Waals surface area contributed by atoms with Crippen LogP contribution in [0, 0.1) is 11.7 Å². The van der Waals surface area contributed by atoms with Gasteiger partial charge in [0.05, 0.1) is 5.56 Å². The van der Waals surface area contributed by atoms with Gasteiger partial charge in [0.1, 0.15) is 11.6 Å². The number of furan rings is 1. The molecule has 0 spiro atoms. The van der Waals surface area contributed by atoms with E-state index >= 15 is 0 Å². The van der Waals surface area contributed by atoms with Crippen molar-refractivity contribution in [2.24, 2.45) is 11.7 Å². The second kappa shape index (κ2) is 5.93. The molecule has 1 saturated heterocycles. The molecule has 1 aromatic heterocycles. The maximum atomic E-state index is 13.8. The summed E-state index contributed by atoms with van der Waals surface area (Å²) < 4.78 is 19.4. The van der Waals surface area contributed by atoms with E-state index in [1.807, 2.05) is 6.92 Å². The molecule has 1 aliphatic heterocycles. The summed E-state index contributed by atoms with van der Waals surface area (Å²) in [6, 6.07) is 9.73. The molecular weight excluding hydrogens is 283 g/mol. The number of hydrogen-bond acceptors (Lipinski definition) is 3. The fourth-order valence-corrected chi connectivity index (χ4v) is 3.00. The fourth-order valence-electron chi connectivity index (χ4n) is 3.00. The summed E-state index contributed by atoms with van der Waals surface area (Å²) in [5, 5.41) is 0. The Labute approximate surface area is 128 Å². The quantitative estimate of drug-likeness (QED) is 0.948. The molecule has 1 aromatic carbocycles. The number of benzene rings is 1. The number of rotatable bonds is 3. The minimum Gasteiger partial charge on any atom is -0.451 e. The summed E-state index contributed by atoms with van der Waals surface area (Å²) in [7, 11) is 0. The highest BCUT2D eigenvalue weighted by molar-refractivity contribution is 5.92.